The molecule has 0 aromatic heterocycles. The fourth-order valence-electron chi connectivity index (χ4n) is 2.28. The Morgan fingerprint density at radius 1 is 1.00 bits per heavy atom. The molecule has 0 aliphatic carbocycles. The number of hydrogen-bond acceptors (Lipinski definition) is 0. The van der Waals surface area contributed by atoms with Gasteiger partial charge in [0.1, 0.15) is 0 Å². The Hall–Kier alpha value is -0.780. The highest BCUT2D eigenvalue weighted by Gasteiger charge is 2.08. The van der Waals surface area contributed by atoms with Gasteiger partial charge in [0, 0.05) is 0 Å². The first-order valence-electron chi connectivity index (χ1n) is 6.87. The summed E-state index contributed by atoms with van der Waals surface area (Å²) in [5.41, 5.74) is 3.16. The summed E-state index contributed by atoms with van der Waals surface area (Å²) in [6.07, 6.45) is 7.85. The van der Waals surface area contributed by atoms with Gasteiger partial charge in [0.25, 0.3) is 0 Å². The van der Waals surface area contributed by atoms with E-state index in [1.165, 1.54) is 38.5 Å². The van der Waals surface area contributed by atoms with Crippen LogP contribution in [0, 0.1) is 0 Å². The number of hydrogen-bond donors (Lipinski definition) is 0. The lowest BCUT2D eigenvalue weighted by molar-refractivity contribution is 0.617. The lowest BCUT2D eigenvalue weighted by Crippen LogP contribution is -1.99. The van der Waals surface area contributed by atoms with E-state index in [0.717, 1.165) is 5.92 Å². The summed E-state index contributed by atoms with van der Waals surface area (Å²) in [6.45, 7) is 6.92. The minimum atomic E-state index is 0.730. The molecule has 0 spiro atoms. The molecule has 90 valence electrons. The van der Waals surface area contributed by atoms with Crippen LogP contribution in [0.15, 0.2) is 24.3 Å². The van der Waals surface area contributed by atoms with E-state index in [9.17, 15) is 0 Å². The van der Waals surface area contributed by atoms with Gasteiger partial charge in [-0.05, 0) is 36.3 Å². The Bertz CT molecular complexity index is 288. The third-order valence-electron chi connectivity index (χ3n) is 3.38. The van der Waals surface area contributed by atoms with Crippen LogP contribution in [-0.4, -0.2) is 0 Å². The predicted molar refractivity (Wildman–Crippen MR) is 73.0 cm³/mol. The van der Waals surface area contributed by atoms with Gasteiger partial charge in [0.15, 0.2) is 0 Å². The molecule has 1 aromatic carbocycles. The van der Waals surface area contributed by atoms with Gasteiger partial charge in [0.2, 0.25) is 0 Å². The van der Waals surface area contributed by atoms with Gasteiger partial charge < -0.3 is 0 Å². The lowest BCUT2D eigenvalue weighted by atomic mass is 9.90. The van der Waals surface area contributed by atoms with Crippen LogP contribution in [0.1, 0.15) is 69.9 Å². The third kappa shape index (κ3) is 4.00. The van der Waals surface area contributed by atoms with Crippen LogP contribution in [0.2, 0.25) is 0 Å². The summed E-state index contributed by atoms with van der Waals surface area (Å²) in [5.74, 6) is 0.730. The van der Waals surface area contributed by atoms with Crippen LogP contribution >= 0.6 is 0 Å². The summed E-state index contributed by atoms with van der Waals surface area (Å²) in [6, 6.07) is 9.01. The first-order valence-corrected chi connectivity index (χ1v) is 6.87. The minimum Gasteiger partial charge on any atom is -0.0654 e. The van der Waals surface area contributed by atoms with Gasteiger partial charge in [-0.15, -0.1) is 0 Å². The summed E-state index contributed by atoms with van der Waals surface area (Å²) in [5, 5.41) is 0. The summed E-state index contributed by atoms with van der Waals surface area (Å²) in [7, 11) is 0. The SMILES string of the molecule is CCCCc1ccccc1C(C)CCCC. The van der Waals surface area contributed by atoms with E-state index in [2.05, 4.69) is 45.0 Å². The maximum atomic E-state index is 2.38. The maximum absolute atomic E-state index is 2.38. The van der Waals surface area contributed by atoms with Crippen molar-refractivity contribution in [2.24, 2.45) is 0 Å². The molecule has 1 atom stereocenters. The lowest BCUT2D eigenvalue weighted by Gasteiger charge is -2.16. The number of benzene rings is 1. The molecule has 0 bridgehead atoms. The second kappa shape index (κ2) is 7.49. The summed E-state index contributed by atoms with van der Waals surface area (Å²) < 4.78 is 0. The van der Waals surface area contributed by atoms with Crippen molar-refractivity contribution in [3.8, 4) is 0 Å². The van der Waals surface area contributed by atoms with Gasteiger partial charge in [-0.3, -0.25) is 0 Å². The molecule has 0 amide bonds. The molecular formula is C16H26. The first kappa shape index (κ1) is 13.3. The van der Waals surface area contributed by atoms with E-state index < -0.39 is 0 Å². The van der Waals surface area contributed by atoms with E-state index in [0.29, 0.717) is 0 Å². The highest BCUT2D eigenvalue weighted by atomic mass is 14.1. The molecule has 1 rings (SSSR count). The average molecular weight is 218 g/mol. The molecule has 0 saturated carbocycles. The van der Waals surface area contributed by atoms with Crippen LogP contribution in [0.3, 0.4) is 0 Å². The fraction of sp³-hybridized carbons (Fsp3) is 0.625. The molecule has 0 heteroatoms. The van der Waals surface area contributed by atoms with Crippen LogP contribution in [0.4, 0.5) is 0 Å². The molecule has 0 heterocycles. The largest absolute Gasteiger partial charge is 0.0654 e. The van der Waals surface area contributed by atoms with Crippen molar-refractivity contribution in [3.05, 3.63) is 35.4 Å². The molecule has 0 aliphatic rings. The Morgan fingerprint density at radius 3 is 2.38 bits per heavy atom. The van der Waals surface area contributed by atoms with E-state index in [4.69, 9.17) is 0 Å². The second-order valence-corrected chi connectivity index (χ2v) is 4.85. The molecule has 1 aromatic rings. The van der Waals surface area contributed by atoms with Gasteiger partial charge in [0.05, 0.1) is 0 Å². The van der Waals surface area contributed by atoms with Gasteiger partial charge in [-0.25, -0.2) is 0 Å². The minimum absolute atomic E-state index is 0.730. The molecular weight excluding hydrogens is 192 g/mol. The van der Waals surface area contributed by atoms with Crippen molar-refractivity contribution in [2.45, 2.75) is 65.2 Å². The Kier molecular flexibility index (Phi) is 6.22. The van der Waals surface area contributed by atoms with Gasteiger partial charge in [-0.2, -0.15) is 0 Å². The molecule has 0 aliphatic heterocycles. The van der Waals surface area contributed by atoms with Crippen molar-refractivity contribution in [1.29, 1.82) is 0 Å². The molecule has 0 saturated heterocycles. The molecule has 0 N–H and O–H groups in total. The zero-order valence-electron chi connectivity index (χ0n) is 11.1. The van der Waals surface area contributed by atoms with Crippen molar-refractivity contribution in [3.63, 3.8) is 0 Å². The van der Waals surface area contributed by atoms with Crippen LogP contribution in [0.5, 0.6) is 0 Å². The molecule has 16 heavy (non-hydrogen) atoms. The average Bonchev–Trinajstić information content (AvgIpc) is 2.33. The monoisotopic (exact) mass is 218 g/mol. The van der Waals surface area contributed by atoms with E-state index >= 15 is 0 Å². The van der Waals surface area contributed by atoms with Gasteiger partial charge >= 0.3 is 0 Å². The summed E-state index contributed by atoms with van der Waals surface area (Å²) in [4.78, 5) is 0. The predicted octanol–water partition coefficient (Wildman–Crippen LogP) is 5.32. The molecule has 0 fully saturated rings. The number of unbranched alkanes of at least 4 members (excludes halogenated alkanes) is 2. The molecule has 1 unspecified atom stereocenters. The Labute approximate surface area is 101 Å². The summed E-state index contributed by atoms with van der Waals surface area (Å²) >= 11 is 0. The Morgan fingerprint density at radius 2 is 1.69 bits per heavy atom. The van der Waals surface area contributed by atoms with Crippen molar-refractivity contribution in [2.75, 3.05) is 0 Å². The molecule has 0 radical (unpaired) electrons. The number of rotatable bonds is 7. The second-order valence-electron chi connectivity index (χ2n) is 4.85. The highest BCUT2D eigenvalue weighted by molar-refractivity contribution is 5.30. The van der Waals surface area contributed by atoms with Gasteiger partial charge in [-0.1, -0.05) is 64.3 Å². The van der Waals surface area contributed by atoms with Crippen LogP contribution < -0.4 is 0 Å². The van der Waals surface area contributed by atoms with E-state index in [-0.39, 0.29) is 0 Å². The highest BCUT2D eigenvalue weighted by Crippen LogP contribution is 2.25. The zero-order valence-corrected chi connectivity index (χ0v) is 11.1. The van der Waals surface area contributed by atoms with Crippen molar-refractivity contribution in [1.82, 2.24) is 0 Å². The van der Waals surface area contributed by atoms with E-state index in [1.54, 1.807) is 11.1 Å². The first-order chi connectivity index (χ1) is 7.79. The quantitative estimate of drug-likeness (QED) is 0.581. The van der Waals surface area contributed by atoms with Crippen LogP contribution in [0.25, 0.3) is 0 Å². The molecule has 0 nitrogen and oxygen atoms in total. The topological polar surface area (TPSA) is 0 Å². The van der Waals surface area contributed by atoms with E-state index in [1.807, 2.05) is 0 Å². The maximum Gasteiger partial charge on any atom is -0.0188 e. The fourth-order valence-corrected chi connectivity index (χ4v) is 2.28. The number of aryl methyl sites for hydroxylation is 1. The Balaban J connectivity index is 2.68. The van der Waals surface area contributed by atoms with Crippen LogP contribution in [-0.2, 0) is 6.42 Å². The standard InChI is InChI=1S/C16H26/c1-4-6-10-14(3)16-13-9-8-12-15(16)11-7-5-2/h8-9,12-14H,4-7,10-11H2,1-3H3. The zero-order chi connectivity index (χ0) is 11.8. The van der Waals surface area contributed by atoms with Crippen molar-refractivity contribution >= 4 is 0 Å². The smallest absolute Gasteiger partial charge is 0.0188 e. The third-order valence-corrected chi connectivity index (χ3v) is 3.38. The normalized spacial score (nSPS) is 12.7. The van der Waals surface area contributed by atoms with Crippen molar-refractivity contribution < 1.29 is 0 Å².